The van der Waals surface area contributed by atoms with Gasteiger partial charge in [0.2, 0.25) is 0 Å². The van der Waals surface area contributed by atoms with Crippen molar-refractivity contribution in [1.82, 2.24) is 9.13 Å². The van der Waals surface area contributed by atoms with Gasteiger partial charge in [0.25, 0.3) is 17.0 Å². The fourth-order valence-corrected chi connectivity index (χ4v) is 7.81. The van der Waals surface area contributed by atoms with Crippen LogP contribution in [0.3, 0.4) is 0 Å². The lowest BCUT2D eigenvalue weighted by Gasteiger charge is -2.30. The second-order valence-corrected chi connectivity index (χ2v) is 14.7. The number of nitrogens with zero attached hydrogens (tertiary/aromatic N) is 3. The van der Waals surface area contributed by atoms with Crippen LogP contribution in [0.5, 0.6) is 0 Å². The third kappa shape index (κ3) is 4.63. The molecule has 7 rings (SSSR count). The van der Waals surface area contributed by atoms with E-state index >= 15 is 0 Å². The van der Waals surface area contributed by atoms with Gasteiger partial charge in [-0.2, -0.15) is 0 Å². The van der Waals surface area contributed by atoms with E-state index in [0.29, 0.717) is 36.0 Å². The van der Waals surface area contributed by atoms with Gasteiger partial charge in [0.15, 0.2) is 0 Å². The van der Waals surface area contributed by atoms with Gasteiger partial charge in [-0.25, -0.2) is 0 Å². The number of aromatic nitrogens is 2. The molecule has 0 radical (unpaired) electrons. The van der Waals surface area contributed by atoms with Crippen molar-refractivity contribution in [3.8, 4) is 0 Å². The predicted octanol–water partition coefficient (Wildman–Crippen LogP) is 8.88. The Kier molecular flexibility index (Phi) is 7.38. The minimum atomic E-state index is -0.0736. The van der Waals surface area contributed by atoms with E-state index in [1.54, 1.807) is 0 Å². The Morgan fingerprint density at radius 2 is 1.19 bits per heavy atom. The zero-order valence-electron chi connectivity index (χ0n) is 28.7. The summed E-state index contributed by atoms with van der Waals surface area (Å²) >= 11 is 0. The number of fused-ring (bicyclic) bond motifs is 1. The van der Waals surface area contributed by atoms with Crippen LogP contribution in [-0.4, -0.2) is 21.6 Å². The van der Waals surface area contributed by atoms with Crippen molar-refractivity contribution in [3.63, 3.8) is 0 Å². The SMILES string of the molecule is Cc1cc(N(CC(C)C)C(=O)c2ccccc2)c2c3cccc4c3c3c(c(C)cc5c3c2c1c(=O)n5CC(C)C)c(=O)n4CC(C)C. The molecule has 0 N–H and O–H groups in total. The molecule has 240 valence electrons. The number of anilines is 1. The topological polar surface area (TPSA) is 64.3 Å². The normalized spacial score (nSPS) is 12.5. The molecule has 7 aromatic rings. The summed E-state index contributed by atoms with van der Waals surface area (Å²) in [5.74, 6) is 0.622. The molecule has 0 saturated carbocycles. The summed E-state index contributed by atoms with van der Waals surface area (Å²) in [5, 5.41) is 6.95. The third-order valence-electron chi connectivity index (χ3n) is 9.52. The van der Waals surface area contributed by atoms with Gasteiger partial charge < -0.3 is 14.0 Å². The number of amides is 1. The van der Waals surface area contributed by atoms with E-state index in [1.165, 1.54) is 0 Å². The van der Waals surface area contributed by atoms with E-state index in [-0.39, 0.29) is 34.8 Å². The molecule has 0 bridgehead atoms. The molecule has 2 aromatic heterocycles. The molecule has 6 heteroatoms. The average Bonchev–Trinajstić information content (AvgIpc) is 3.02. The maximum Gasteiger partial charge on any atom is 0.259 e. The number of carbonyl (C=O) groups excluding carboxylic acids is 1. The van der Waals surface area contributed by atoms with Crippen molar-refractivity contribution in [2.45, 2.75) is 68.5 Å². The summed E-state index contributed by atoms with van der Waals surface area (Å²) in [7, 11) is 0. The van der Waals surface area contributed by atoms with Gasteiger partial charge in [0.05, 0.1) is 27.5 Å². The van der Waals surface area contributed by atoms with E-state index in [2.05, 4.69) is 59.7 Å². The first kappa shape index (κ1) is 30.9. The van der Waals surface area contributed by atoms with Gasteiger partial charge in [-0.1, -0.05) is 71.9 Å². The van der Waals surface area contributed by atoms with E-state index < -0.39 is 0 Å². The lowest BCUT2D eigenvalue weighted by atomic mass is 9.85. The number of rotatable bonds is 8. The van der Waals surface area contributed by atoms with Crippen molar-refractivity contribution in [3.05, 3.63) is 98.1 Å². The highest BCUT2D eigenvalue weighted by atomic mass is 16.2. The molecule has 1 amide bonds. The maximum atomic E-state index is 14.6. The predicted molar refractivity (Wildman–Crippen MR) is 197 cm³/mol. The van der Waals surface area contributed by atoms with Crippen LogP contribution < -0.4 is 16.0 Å². The van der Waals surface area contributed by atoms with Crippen LogP contribution >= 0.6 is 0 Å². The number of pyridine rings is 2. The summed E-state index contributed by atoms with van der Waals surface area (Å²) < 4.78 is 3.86. The molecule has 6 nitrogen and oxygen atoms in total. The summed E-state index contributed by atoms with van der Waals surface area (Å²) in [5.41, 5.74) is 4.83. The first-order valence-corrected chi connectivity index (χ1v) is 16.9. The minimum absolute atomic E-state index is 0.00419. The molecule has 0 unspecified atom stereocenters. The van der Waals surface area contributed by atoms with E-state index in [4.69, 9.17) is 0 Å². The van der Waals surface area contributed by atoms with Crippen LogP contribution in [0.15, 0.2) is 70.3 Å². The van der Waals surface area contributed by atoms with Crippen LogP contribution in [0.4, 0.5) is 5.69 Å². The zero-order valence-corrected chi connectivity index (χ0v) is 28.7. The van der Waals surface area contributed by atoms with Crippen molar-refractivity contribution >= 4 is 65.7 Å². The zero-order chi connectivity index (χ0) is 33.5. The van der Waals surface area contributed by atoms with E-state index in [0.717, 1.165) is 60.2 Å². The monoisotopic (exact) mass is 625 g/mol. The second kappa shape index (κ2) is 11.2. The molecule has 5 aromatic carbocycles. The highest BCUT2D eigenvalue weighted by Crippen LogP contribution is 2.48. The van der Waals surface area contributed by atoms with Crippen molar-refractivity contribution in [2.24, 2.45) is 17.8 Å². The van der Waals surface area contributed by atoms with Gasteiger partial charge >= 0.3 is 0 Å². The molecule has 0 atom stereocenters. The van der Waals surface area contributed by atoms with Crippen LogP contribution in [0.1, 0.15) is 63.0 Å². The fraction of sp³-hybridized carbons (Fsp3) is 0.341. The molecule has 0 aliphatic heterocycles. The van der Waals surface area contributed by atoms with Gasteiger partial charge in [-0.05, 0) is 78.4 Å². The molecule has 0 spiro atoms. The first-order valence-electron chi connectivity index (χ1n) is 16.9. The molecule has 0 fully saturated rings. The fourth-order valence-electron chi connectivity index (χ4n) is 7.81. The quantitative estimate of drug-likeness (QED) is 0.125. The third-order valence-corrected chi connectivity index (χ3v) is 9.52. The summed E-state index contributed by atoms with van der Waals surface area (Å²) in [6, 6.07) is 19.7. The van der Waals surface area contributed by atoms with E-state index in [9.17, 15) is 14.4 Å². The van der Waals surface area contributed by atoms with Crippen molar-refractivity contribution < 1.29 is 4.79 Å². The first-order chi connectivity index (χ1) is 22.4. The summed E-state index contributed by atoms with van der Waals surface area (Å²) in [6.45, 7) is 18.4. The van der Waals surface area contributed by atoms with Gasteiger partial charge in [-0.3, -0.25) is 14.4 Å². The Balaban J connectivity index is 1.79. The van der Waals surface area contributed by atoms with Crippen LogP contribution in [0.2, 0.25) is 0 Å². The molecular weight excluding hydrogens is 582 g/mol. The lowest BCUT2D eigenvalue weighted by molar-refractivity contribution is 0.0984. The van der Waals surface area contributed by atoms with E-state index in [1.807, 2.05) is 70.3 Å². The van der Waals surface area contributed by atoms with Gasteiger partial charge in [-0.15, -0.1) is 0 Å². The Morgan fingerprint density at radius 1 is 0.617 bits per heavy atom. The van der Waals surface area contributed by atoms with Crippen molar-refractivity contribution in [1.29, 1.82) is 0 Å². The van der Waals surface area contributed by atoms with Crippen LogP contribution in [0.25, 0.3) is 54.1 Å². The Hall–Kier alpha value is -4.71. The molecule has 0 saturated heterocycles. The highest BCUT2D eigenvalue weighted by molar-refractivity contribution is 6.41. The van der Waals surface area contributed by atoms with Crippen LogP contribution in [0, 0.1) is 31.6 Å². The van der Waals surface area contributed by atoms with Gasteiger partial charge in [0.1, 0.15) is 0 Å². The Labute approximate surface area is 274 Å². The molecule has 0 aliphatic carbocycles. The van der Waals surface area contributed by atoms with Crippen molar-refractivity contribution in [2.75, 3.05) is 11.4 Å². The Morgan fingerprint density at radius 3 is 1.79 bits per heavy atom. The van der Waals surface area contributed by atoms with Gasteiger partial charge in [0, 0.05) is 52.1 Å². The summed E-state index contributed by atoms with van der Waals surface area (Å²) in [6.07, 6.45) is 0. The second-order valence-electron chi connectivity index (χ2n) is 14.7. The van der Waals surface area contributed by atoms with Crippen LogP contribution in [-0.2, 0) is 13.1 Å². The number of hydrogen-bond acceptors (Lipinski definition) is 3. The number of benzene rings is 5. The summed E-state index contributed by atoms with van der Waals surface area (Å²) in [4.78, 5) is 45.4. The number of aryl methyl sites for hydroxylation is 2. The largest absolute Gasteiger partial charge is 0.307 e. The molecule has 0 aliphatic rings. The minimum Gasteiger partial charge on any atom is -0.307 e. The average molecular weight is 626 g/mol. The molecular formula is C41H43N3O3. The lowest BCUT2D eigenvalue weighted by Crippen LogP contribution is -2.35. The highest BCUT2D eigenvalue weighted by Gasteiger charge is 2.30. The molecule has 2 heterocycles. The standard InChI is InChI=1S/C41H43N3O3/c1-22(2)19-42-29-16-12-15-28-34(29)37-32(40(42)46)26(8)18-31-36(37)38-33(41(47)44(31)21-24(5)6)25(7)17-30(35(28)38)43(20-23(3)4)39(45)27-13-10-9-11-14-27/h9-18,22-24H,19-21H2,1-8H3. The number of carbonyl (C=O) groups is 1. The molecule has 47 heavy (non-hydrogen) atoms. The Bertz CT molecular complexity index is 2450. The smallest absolute Gasteiger partial charge is 0.259 e. The number of hydrogen-bond donors (Lipinski definition) is 0. The maximum absolute atomic E-state index is 14.6.